The predicted molar refractivity (Wildman–Crippen MR) is 76.0 cm³/mol. The summed E-state index contributed by atoms with van der Waals surface area (Å²) in [5, 5.41) is 12.2. The van der Waals surface area contributed by atoms with E-state index < -0.39 is 12.0 Å². The van der Waals surface area contributed by atoms with Crippen LogP contribution in [0.4, 0.5) is 0 Å². The molecule has 1 atom stereocenters. The van der Waals surface area contributed by atoms with Gasteiger partial charge < -0.3 is 10.4 Å². The quantitative estimate of drug-likeness (QED) is 0.710. The molecule has 0 aliphatic heterocycles. The lowest BCUT2D eigenvalue weighted by Crippen LogP contribution is -2.35. The number of hydrogen-bond donors (Lipinski definition) is 2. The second kappa shape index (κ2) is 8.16. The molecule has 1 aromatic rings. The van der Waals surface area contributed by atoms with Gasteiger partial charge in [-0.15, -0.1) is 11.8 Å². The van der Waals surface area contributed by atoms with Crippen LogP contribution >= 0.6 is 11.8 Å². The molecule has 1 aromatic carbocycles. The van der Waals surface area contributed by atoms with Crippen molar-refractivity contribution in [2.45, 2.75) is 44.2 Å². The Kier molecular flexibility index (Phi) is 6.83. The molecule has 1 rings (SSSR count). The van der Waals surface area contributed by atoms with Crippen molar-refractivity contribution in [3.05, 3.63) is 29.8 Å². The maximum Gasteiger partial charge on any atom is 0.320 e. The van der Waals surface area contributed by atoms with Gasteiger partial charge in [-0.3, -0.25) is 4.79 Å². The molecule has 3 nitrogen and oxygen atoms in total. The minimum atomic E-state index is -0.768. The second-order valence-corrected chi connectivity index (χ2v) is 5.48. The fourth-order valence-electron chi connectivity index (χ4n) is 1.75. The van der Waals surface area contributed by atoms with Crippen LogP contribution in [0.1, 0.15) is 32.3 Å². The molecule has 0 aliphatic carbocycles. The lowest BCUT2D eigenvalue weighted by Gasteiger charge is -2.13. The van der Waals surface area contributed by atoms with Crippen LogP contribution in [0.5, 0.6) is 0 Å². The summed E-state index contributed by atoms with van der Waals surface area (Å²) in [5.74, 6) is 0.278. The van der Waals surface area contributed by atoms with Crippen LogP contribution in [0.3, 0.4) is 0 Å². The number of rotatable bonds is 8. The van der Waals surface area contributed by atoms with E-state index in [1.807, 2.05) is 19.1 Å². The van der Waals surface area contributed by atoms with E-state index in [1.165, 1.54) is 4.90 Å². The van der Waals surface area contributed by atoms with Gasteiger partial charge in [0.25, 0.3) is 0 Å². The van der Waals surface area contributed by atoms with Gasteiger partial charge in [-0.05, 0) is 29.9 Å². The van der Waals surface area contributed by atoms with Gasteiger partial charge in [0, 0.05) is 11.4 Å². The third-order valence-electron chi connectivity index (χ3n) is 2.64. The van der Waals surface area contributed by atoms with Crippen molar-refractivity contribution < 1.29 is 9.90 Å². The van der Waals surface area contributed by atoms with Gasteiger partial charge in [0.1, 0.15) is 6.04 Å². The summed E-state index contributed by atoms with van der Waals surface area (Å²) in [5.41, 5.74) is 1.14. The maximum absolute atomic E-state index is 11.0. The van der Waals surface area contributed by atoms with Gasteiger partial charge in [0.05, 0.1) is 0 Å². The second-order valence-electron chi connectivity index (χ2n) is 4.14. The Balaban J connectivity index is 2.55. The summed E-state index contributed by atoms with van der Waals surface area (Å²) in [7, 11) is 0. The minimum Gasteiger partial charge on any atom is -0.480 e. The van der Waals surface area contributed by atoms with Gasteiger partial charge in [-0.1, -0.05) is 32.4 Å². The SMILES string of the molecule is CCCC(NCc1cccc(SCC)c1)C(=O)O. The van der Waals surface area contributed by atoms with E-state index in [-0.39, 0.29) is 0 Å². The molecule has 0 bridgehead atoms. The molecule has 1 unspecified atom stereocenters. The standard InChI is InChI=1S/C14H21NO2S/c1-3-6-13(14(16)17)15-10-11-7-5-8-12(9-11)18-4-2/h5,7-9,13,15H,3-4,6,10H2,1-2H3,(H,16,17). The Morgan fingerprint density at radius 3 is 2.83 bits per heavy atom. The molecule has 0 spiro atoms. The average molecular weight is 267 g/mol. The van der Waals surface area contributed by atoms with Gasteiger partial charge in [-0.25, -0.2) is 0 Å². The van der Waals surface area contributed by atoms with Gasteiger partial charge in [0.2, 0.25) is 0 Å². The third-order valence-corrected chi connectivity index (χ3v) is 3.51. The highest BCUT2D eigenvalue weighted by Crippen LogP contribution is 2.18. The van der Waals surface area contributed by atoms with Crippen molar-refractivity contribution in [3.8, 4) is 0 Å². The zero-order valence-electron chi connectivity index (χ0n) is 11.0. The summed E-state index contributed by atoms with van der Waals surface area (Å²) < 4.78 is 0. The summed E-state index contributed by atoms with van der Waals surface area (Å²) in [4.78, 5) is 12.2. The van der Waals surface area contributed by atoms with Crippen molar-refractivity contribution in [1.29, 1.82) is 0 Å². The van der Waals surface area contributed by atoms with Gasteiger partial charge >= 0.3 is 5.97 Å². The van der Waals surface area contributed by atoms with E-state index in [9.17, 15) is 4.79 Å². The first kappa shape index (κ1) is 15.1. The van der Waals surface area contributed by atoms with Crippen LogP contribution in [-0.4, -0.2) is 22.9 Å². The lowest BCUT2D eigenvalue weighted by molar-refractivity contribution is -0.139. The molecular formula is C14H21NO2S. The van der Waals surface area contributed by atoms with Crippen LogP contribution in [0, 0.1) is 0 Å². The number of carboxylic acids is 1. The fraction of sp³-hybridized carbons (Fsp3) is 0.500. The molecule has 0 saturated heterocycles. The number of aliphatic carboxylic acids is 1. The van der Waals surface area contributed by atoms with Gasteiger partial charge in [-0.2, -0.15) is 0 Å². The number of thioether (sulfide) groups is 1. The Morgan fingerprint density at radius 1 is 1.44 bits per heavy atom. The topological polar surface area (TPSA) is 49.3 Å². The maximum atomic E-state index is 11.0. The number of hydrogen-bond acceptors (Lipinski definition) is 3. The molecule has 0 aromatic heterocycles. The molecule has 0 radical (unpaired) electrons. The number of carbonyl (C=O) groups is 1. The van der Waals surface area contributed by atoms with Crippen LogP contribution in [0.25, 0.3) is 0 Å². The summed E-state index contributed by atoms with van der Waals surface area (Å²) in [6.07, 6.45) is 1.54. The molecule has 2 N–H and O–H groups in total. The summed E-state index contributed by atoms with van der Waals surface area (Å²) in [6, 6.07) is 7.80. The third kappa shape index (κ3) is 5.10. The average Bonchev–Trinajstić information content (AvgIpc) is 2.35. The van der Waals surface area contributed by atoms with Crippen molar-refractivity contribution in [1.82, 2.24) is 5.32 Å². The van der Waals surface area contributed by atoms with E-state index in [1.54, 1.807) is 11.8 Å². The zero-order valence-corrected chi connectivity index (χ0v) is 11.8. The van der Waals surface area contributed by atoms with Crippen LogP contribution in [0.2, 0.25) is 0 Å². The van der Waals surface area contributed by atoms with E-state index in [0.717, 1.165) is 17.7 Å². The Morgan fingerprint density at radius 2 is 2.22 bits per heavy atom. The normalized spacial score (nSPS) is 12.3. The molecular weight excluding hydrogens is 246 g/mol. The van der Waals surface area contributed by atoms with E-state index >= 15 is 0 Å². The smallest absolute Gasteiger partial charge is 0.320 e. The number of nitrogens with one attached hydrogen (secondary N) is 1. The molecule has 0 aliphatic rings. The van der Waals surface area contributed by atoms with Crippen LogP contribution in [0.15, 0.2) is 29.2 Å². The molecule has 0 amide bonds. The lowest BCUT2D eigenvalue weighted by atomic mass is 10.1. The highest BCUT2D eigenvalue weighted by Gasteiger charge is 2.14. The van der Waals surface area contributed by atoms with E-state index in [2.05, 4.69) is 24.4 Å². The Hall–Kier alpha value is -1.00. The van der Waals surface area contributed by atoms with Crippen molar-refractivity contribution in [2.24, 2.45) is 0 Å². The molecule has 0 fully saturated rings. The van der Waals surface area contributed by atoms with E-state index in [0.29, 0.717) is 13.0 Å². The Labute approximate surface area is 113 Å². The number of carboxylic acid groups (broad SMARTS) is 1. The Bertz CT molecular complexity index is 382. The molecule has 0 heterocycles. The first-order chi connectivity index (χ1) is 8.67. The largest absolute Gasteiger partial charge is 0.480 e. The summed E-state index contributed by atoms with van der Waals surface area (Å²) in [6.45, 7) is 4.72. The van der Waals surface area contributed by atoms with Crippen molar-refractivity contribution >= 4 is 17.7 Å². The zero-order chi connectivity index (χ0) is 13.4. The molecule has 18 heavy (non-hydrogen) atoms. The van der Waals surface area contributed by atoms with Crippen molar-refractivity contribution in [2.75, 3.05) is 5.75 Å². The first-order valence-electron chi connectivity index (χ1n) is 6.35. The van der Waals surface area contributed by atoms with Gasteiger partial charge in [0.15, 0.2) is 0 Å². The van der Waals surface area contributed by atoms with Crippen LogP contribution < -0.4 is 5.32 Å². The minimum absolute atomic E-state index is 0.447. The van der Waals surface area contributed by atoms with Crippen molar-refractivity contribution in [3.63, 3.8) is 0 Å². The van der Waals surface area contributed by atoms with Crippen LogP contribution in [-0.2, 0) is 11.3 Å². The monoisotopic (exact) mass is 267 g/mol. The molecule has 100 valence electrons. The highest BCUT2D eigenvalue weighted by atomic mass is 32.2. The predicted octanol–water partition coefficient (Wildman–Crippen LogP) is 3.14. The first-order valence-corrected chi connectivity index (χ1v) is 7.33. The number of benzene rings is 1. The summed E-state index contributed by atoms with van der Waals surface area (Å²) >= 11 is 1.80. The van der Waals surface area contributed by atoms with E-state index in [4.69, 9.17) is 5.11 Å². The molecule has 4 heteroatoms. The molecule has 0 saturated carbocycles. The fourth-order valence-corrected chi connectivity index (χ4v) is 2.50. The highest BCUT2D eigenvalue weighted by molar-refractivity contribution is 7.99.